The number of hydrogen-bond donors (Lipinski definition) is 2. The van der Waals surface area contributed by atoms with Gasteiger partial charge in [0.05, 0.1) is 5.69 Å². The summed E-state index contributed by atoms with van der Waals surface area (Å²) in [4.78, 5) is 11.0. The molecule has 21 heavy (non-hydrogen) atoms. The van der Waals surface area contributed by atoms with Crippen molar-refractivity contribution in [2.75, 3.05) is 18.5 Å². The van der Waals surface area contributed by atoms with Crippen LogP contribution in [-0.4, -0.2) is 24.2 Å². The maximum atomic E-state index is 13.5. The Morgan fingerprint density at radius 1 is 1.29 bits per heavy atom. The van der Waals surface area contributed by atoms with Crippen molar-refractivity contribution in [2.45, 2.75) is 6.92 Å². The van der Waals surface area contributed by atoms with E-state index < -0.39 is 5.97 Å². The molecule has 0 aliphatic carbocycles. The first kappa shape index (κ1) is 14.8. The van der Waals surface area contributed by atoms with Crippen LogP contribution in [0.5, 0.6) is 5.75 Å². The van der Waals surface area contributed by atoms with E-state index >= 15 is 0 Å². The Morgan fingerprint density at radius 3 is 2.81 bits per heavy atom. The topological polar surface area (TPSA) is 58.6 Å². The van der Waals surface area contributed by atoms with Crippen LogP contribution < -0.4 is 10.1 Å². The van der Waals surface area contributed by atoms with Gasteiger partial charge in [0.2, 0.25) is 0 Å². The molecule has 0 unspecified atom stereocenters. The van der Waals surface area contributed by atoms with E-state index in [4.69, 9.17) is 9.84 Å². The Kier molecular flexibility index (Phi) is 4.77. The maximum absolute atomic E-state index is 13.5. The van der Waals surface area contributed by atoms with Gasteiger partial charge in [-0.3, -0.25) is 0 Å². The zero-order valence-electron chi connectivity index (χ0n) is 11.6. The number of aryl methyl sites for hydroxylation is 1. The van der Waals surface area contributed by atoms with Crippen molar-refractivity contribution in [3.05, 3.63) is 59.4 Å². The summed E-state index contributed by atoms with van der Waals surface area (Å²) in [6, 6.07) is 11.2. The van der Waals surface area contributed by atoms with E-state index in [0.717, 1.165) is 5.56 Å². The van der Waals surface area contributed by atoms with E-state index in [0.29, 0.717) is 18.0 Å². The summed E-state index contributed by atoms with van der Waals surface area (Å²) in [5, 5.41) is 11.9. The van der Waals surface area contributed by atoms with Gasteiger partial charge < -0.3 is 15.2 Å². The molecular formula is C16H16FNO3. The van der Waals surface area contributed by atoms with Crippen LogP contribution in [0.1, 0.15) is 15.9 Å². The van der Waals surface area contributed by atoms with E-state index in [1.54, 1.807) is 30.3 Å². The third-order valence-corrected chi connectivity index (χ3v) is 2.91. The van der Waals surface area contributed by atoms with Crippen LogP contribution in [0.3, 0.4) is 0 Å². The highest BCUT2D eigenvalue weighted by Crippen LogP contribution is 2.18. The monoisotopic (exact) mass is 289 g/mol. The largest absolute Gasteiger partial charge is 0.491 e. The van der Waals surface area contributed by atoms with E-state index in [1.807, 2.05) is 6.92 Å². The van der Waals surface area contributed by atoms with Crippen LogP contribution >= 0.6 is 0 Å². The van der Waals surface area contributed by atoms with Crippen molar-refractivity contribution in [3.8, 4) is 5.75 Å². The number of nitrogens with one attached hydrogen (secondary N) is 1. The van der Waals surface area contributed by atoms with E-state index in [2.05, 4.69) is 5.32 Å². The molecule has 0 amide bonds. The second kappa shape index (κ2) is 6.74. The molecule has 0 aliphatic rings. The van der Waals surface area contributed by atoms with Crippen molar-refractivity contribution in [3.63, 3.8) is 0 Å². The van der Waals surface area contributed by atoms with Gasteiger partial charge in [0.25, 0.3) is 0 Å². The Balaban J connectivity index is 1.91. The highest BCUT2D eigenvalue weighted by atomic mass is 19.1. The predicted octanol–water partition coefficient (Wildman–Crippen LogP) is 3.32. The smallest absolute Gasteiger partial charge is 0.339 e. The molecule has 0 atom stereocenters. The summed E-state index contributed by atoms with van der Waals surface area (Å²) in [7, 11) is 0. The molecule has 2 aromatic carbocycles. The molecule has 0 aromatic heterocycles. The Labute approximate surface area is 122 Å². The number of rotatable bonds is 6. The Bertz CT molecular complexity index is 643. The number of anilines is 1. The highest BCUT2D eigenvalue weighted by molar-refractivity contribution is 5.90. The van der Waals surface area contributed by atoms with Gasteiger partial charge in [0.1, 0.15) is 23.7 Å². The number of ether oxygens (including phenoxy) is 1. The summed E-state index contributed by atoms with van der Waals surface area (Å²) in [5.41, 5.74) is 1.47. The number of carboxylic acids is 1. The number of halogens is 1. The molecule has 5 heteroatoms. The molecule has 2 aromatic rings. The van der Waals surface area contributed by atoms with Gasteiger partial charge in [0.15, 0.2) is 0 Å². The number of aromatic carboxylic acids is 1. The minimum Gasteiger partial charge on any atom is -0.491 e. The number of para-hydroxylation sites is 1. The molecule has 4 nitrogen and oxygen atoms in total. The first-order valence-electron chi connectivity index (χ1n) is 6.53. The van der Waals surface area contributed by atoms with Crippen LogP contribution in [-0.2, 0) is 0 Å². The van der Waals surface area contributed by atoms with Gasteiger partial charge in [-0.15, -0.1) is 0 Å². The second-order valence-corrected chi connectivity index (χ2v) is 4.56. The van der Waals surface area contributed by atoms with Crippen molar-refractivity contribution >= 4 is 11.7 Å². The average Bonchev–Trinajstić information content (AvgIpc) is 2.47. The normalized spacial score (nSPS) is 10.2. The fraction of sp³-hybridized carbons (Fsp3) is 0.188. The third-order valence-electron chi connectivity index (χ3n) is 2.91. The Morgan fingerprint density at radius 2 is 2.05 bits per heavy atom. The van der Waals surface area contributed by atoms with Crippen LogP contribution in [0.2, 0.25) is 0 Å². The average molecular weight is 289 g/mol. The summed E-state index contributed by atoms with van der Waals surface area (Å²) in [5.74, 6) is -1.06. The van der Waals surface area contributed by atoms with Crippen molar-refractivity contribution in [1.82, 2.24) is 0 Å². The van der Waals surface area contributed by atoms with Crippen LogP contribution in [0.15, 0.2) is 42.5 Å². The fourth-order valence-electron chi connectivity index (χ4n) is 1.89. The minimum absolute atomic E-state index is 0.110. The molecule has 2 N–H and O–H groups in total. The molecule has 0 aliphatic heterocycles. The number of hydrogen-bond acceptors (Lipinski definition) is 3. The van der Waals surface area contributed by atoms with Crippen LogP contribution in [0, 0.1) is 12.7 Å². The summed E-state index contributed by atoms with van der Waals surface area (Å²) in [6.45, 7) is 2.48. The first-order chi connectivity index (χ1) is 10.1. The quantitative estimate of drug-likeness (QED) is 0.801. The van der Waals surface area contributed by atoms with Crippen molar-refractivity contribution in [2.24, 2.45) is 0 Å². The SMILES string of the molecule is Cc1ccc(F)c(NCCOc2ccccc2C(=O)O)c1. The predicted molar refractivity (Wildman–Crippen MR) is 78.5 cm³/mol. The standard InChI is InChI=1S/C16H16FNO3/c1-11-6-7-13(17)14(10-11)18-8-9-21-15-5-3-2-4-12(15)16(19)20/h2-7,10,18H,8-9H2,1H3,(H,19,20). The van der Waals surface area contributed by atoms with E-state index in [1.165, 1.54) is 12.1 Å². The van der Waals surface area contributed by atoms with Gasteiger partial charge >= 0.3 is 5.97 Å². The third kappa shape index (κ3) is 3.95. The number of carbonyl (C=O) groups is 1. The number of benzene rings is 2. The zero-order valence-corrected chi connectivity index (χ0v) is 11.6. The molecule has 0 spiro atoms. The molecule has 0 heterocycles. The molecule has 0 saturated carbocycles. The van der Waals surface area contributed by atoms with Gasteiger partial charge in [-0.1, -0.05) is 18.2 Å². The van der Waals surface area contributed by atoms with Gasteiger partial charge in [0, 0.05) is 6.54 Å². The molecule has 2 rings (SSSR count). The first-order valence-corrected chi connectivity index (χ1v) is 6.53. The molecule has 110 valence electrons. The van der Waals surface area contributed by atoms with E-state index in [-0.39, 0.29) is 18.0 Å². The van der Waals surface area contributed by atoms with Crippen molar-refractivity contribution < 1.29 is 19.0 Å². The fourth-order valence-corrected chi connectivity index (χ4v) is 1.89. The molecular weight excluding hydrogens is 273 g/mol. The van der Waals surface area contributed by atoms with Gasteiger partial charge in [-0.05, 0) is 36.8 Å². The summed E-state index contributed by atoms with van der Waals surface area (Å²) in [6.07, 6.45) is 0. The van der Waals surface area contributed by atoms with Crippen LogP contribution in [0.4, 0.5) is 10.1 Å². The minimum atomic E-state index is -1.04. The molecule has 0 fully saturated rings. The lowest BCUT2D eigenvalue weighted by atomic mass is 10.2. The lowest BCUT2D eigenvalue weighted by molar-refractivity contribution is 0.0692. The summed E-state index contributed by atoms with van der Waals surface area (Å²) >= 11 is 0. The second-order valence-electron chi connectivity index (χ2n) is 4.56. The van der Waals surface area contributed by atoms with Gasteiger partial charge in [-0.2, -0.15) is 0 Å². The Hall–Kier alpha value is -2.56. The molecule has 0 radical (unpaired) electrons. The van der Waals surface area contributed by atoms with E-state index in [9.17, 15) is 9.18 Å². The van der Waals surface area contributed by atoms with Crippen molar-refractivity contribution in [1.29, 1.82) is 0 Å². The lowest BCUT2D eigenvalue weighted by Crippen LogP contribution is -2.13. The highest BCUT2D eigenvalue weighted by Gasteiger charge is 2.09. The summed E-state index contributed by atoms with van der Waals surface area (Å²) < 4.78 is 18.9. The van der Waals surface area contributed by atoms with Crippen LogP contribution in [0.25, 0.3) is 0 Å². The lowest BCUT2D eigenvalue weighted by Gasteiger charge is -2.11. The molecule has 0 saturated heterocycles. The van der Waals surface area contributed by atoms with Gasteiger partial charge in [-0.25, -0.2) is 9.18 Å². The molecule has 0 bridgehead atoms. The zero-order chi connectivity index (χ0) is 15.2. The maximum Gasteiger partial charge on any atom is 0.339 e. The number of carboxylic acid groups (broad SMARTS) is 1.